The summed E-state index contributed by atoms with van der Waals surface area (Å²) >= 11 is 1.89. The van der Waals surface area contributed by atoms with Crippen LogP contribution >= 0.6 is 11.8 Å². The molecule has 9 heteroatoms. The van der Waals surface area contributed by atoms with E-state index in [1.54, 1.807) is 25.1 Å². The largest absolute Gasteiger partial charge is 0.486 e. The number of rotatable bonds is 8. The van der Waals surface area contributed by atoms with Gasteiger partial charge >= 0.3 is 0 Å². The standard InChI is InChI=1S/C19H28N2O5S2/c1-14(19(22)20-9-12-27-16-5-3-4-6-16)21(28(2,23)24)15-7-8-17-18(13-15)26-11-10-25-17/h7-8,13-14,16H,3-6,9-12H2,1-2H3,(H,20,22)/t14-/m0/s1. The molecular formula is C19H28N2O5S2. The van der Waals surface area contributed by atoms with Crippen LogP contribution in [0, 0.1) is 0 Å². The molecule has 3 rings (SSSR count). The summed E-state index contributed by atoms with van der Waals surface area (Å²) in [6, 6.07) is 4.04. The van der Waals surface area contributed by atoms with Crippen LogP contribution in [0.1, 0.15) is 32.6 Å². The van der Waals surface area contributed by atoms with Gasteiger partial charge in [-0.3, -0.25) is 9.10 Å². The van der Waals surface area contributed by atoms with Crippen LogP contribution in [-0.2, 0) is 14.8 Å². The Morgan fingerprint density at radius 3 is 2.61 bits per heavy atom. The molecule has 2 aliphatic rings. The minimum Gasteiger partial charge on any atom is -0.486 e. The predicted octanol–water partition coefficient (Wildman–Crippen LogP) is 2.40. The zero-order chi connectivity index (χ0) is 20.1. The van der Waals surface area contributed by atoms with Crippen LogP contribution in [-0.4, -0.2) is 57.4 Å². The van der Waals surface area contributed by atoms with Gasteiger partial charge in [0.15, 0.2) is 11.5 Å². The van der Waals surface area contributed by atoms with Gasteiger partial charge in [-0.25, -0.2) is 8.42 Å². The number of thioether (sulfide) groups is 1. The average Bonchev–Trinajstić information content (AvgIpc) is 3.17. The molecule has 156 valence electrons. The molecule has 1 N–H and O–H groups in total. The van der Waals surface area contributed by atoms with E-state index in [9.17, 15) is 13.2 Å². The van der Waals surface area contributed by atoms with Gasteiger partial charge in [-0.1, -0.05) is 12.8 Å². The number of fused-ring (bicyclic) bond motifs is 1. The fourth-order valence-electron chi connectivity index (χ4n) is 3.58. The molecule has 7 nitrogen and oxygen atoms in total. The quantitative estimate of drug-likeness (QED) is 0.640. The summed E-state index contributed by atoms with van der Waals surface area (Å²) in [4.78, 5) is 12.6. The molecule has 0 aromatic heterocycles. The van der Waals surface area contributed by atoms with E-state index in [1.165, 1.54) is 25.7 Å². The van der Waals surface area contributed by atoms with Crippen molar-refractivity contribution < 1.29 is 22.7 Å². The number of ether oxygens (including phenoxy) is 2. The summed E-state index contributed by atoms with van der Waals surface area (Å²) in [5, 5.41) is 3.56. The van der Waals surface area contributed by atoms with Crippen molar-refractivity contribution in [1.82, 2.24) is 5.32 Å². The molecule has 1 aromatic rings. The van der Waals surface area contributed by atoms with Crippen molar-refractivity contribution in [1.29, 1.82) is 0 Å². The average molecular weight is 429 g/mol. The molecule has 0 radical (unpaired) electrons. The SMILES string of the molecule is C[C@@H](C(=O)NCCSC1CCCC1)N(c1ccc2c(c1)OCCO2)S(C)(=O)=O. The van der Waals surface area contributed by atoms with E-state index in [0.717, 1.165) is 16.3 Å². The lowest BCUT2D eigenvalue weighted by atomic mass is 10.2. The lowest BCUT2D eigenvalue weighted by Gasteiger charge is -2.29. The molecule has 0 saturated heterocycles. The first kappa shape index (κ1) is 21.1. The molecule has 1 aromatic carbocycles. The maximum Gasteiger partial charge on any atom is 0.243 e. The number of nitrogens with zero attached hydrogens (tertiary/aromatic N) is 1. The Balaban J connectivity index is 1.64. The molecule has 1 fully saturated rings. The van der Waals surface area contributed by atoms with Gasteiger partial charge in [-0.15, -0.1) is 0 Å². The number of hydrogen-bond acceptors (Lipinski definition) is 6. The second kappa shape index (κ2) is 9.26. The van der Waals surface area contributed by atoms with Crippen LogP contribution in [0.5, 0.6) is 11.5 Å². The zero-order valence-corrected chi connectivity index (χ0v) is 18.0. The van der Waals surface area contributed by atoms with Crippen molar-refractivity contribution in [2.24, 2.45) is 0 Å². The normalized spacial score (nSPS) is 17.9. The number of hydrogen-bond donors (Lipinski definition) is 1. The summed E-state index contributed by atoms with van der Waals surface area (Å²) in [7, 11) is -3.66. The van der Waals surface area contributed by atoms with Gasteiger partial charge in [0.1, 0.15) is 19.3 Å². The Hall–Kier alpha value is -1.61. The Morgan fingerprint density at radius 2 is 1.93 bits per heavy atom. The smallest absolute Gasteiger partial charge is 0.243 e. The Bertz CT molecular complexity index is 794. The van der Waals surface area contributed by atoms with Crippen molar-refractivity contribution in [3.8, 4) is 11.5 Å². The van der Waals surface area contributed by atoms with Gasteiger partial charge < -0.3 is 14.8 Å². The highest BCUT2D eigenvalue weighted by Gasteiger charge is 2.30. The van der Waals surface area contributed by atoms with Crippen LogP contribution in [0.15, 0.2) is 18.2 Å². The van der Waals surface area contributed by atoms with Crippen molar-refractivity contribution >= 4 is 33.4 Å². The van der Waals surface area contributed by atoms with Gasteiger partial charge in [0.05, 0.1) is 11.9 Å². The molecule has 28 heavy (non-hydrogen) atoms. The van der Waals surface area contributed by atoms with Gasteiger partial charge in [0.2, 0.25) is 15.9 Å². The molecule has 1 saturated carbocycles. The van der Waals surface area contributed by atoms with Crippen LogP contribution in [0.25, 0.3) is 0 Å². The summed E-state index contributed by atoms with van der Waals surface area (Å²) < 4.78 is 37.0. The van der Waals surface area contributed by atoms with Crippen LogP contribution in [0.4, 0.5) is 5.69 Å². The lowest BCUT2D eigenvalue weighted by molar-refractivity contribution is -0.121. The minimum absolute atomic E-state index is 0.313. The van der Waals surface area contributed by atoms with E-state index in [-0.39, 0.29) is 5.91 Å². The second-order valence-electron chi connectivity index (χ2n) is 7.13. The van der Waals surface area contributed by atoms with E-state index < -0.39 is 16.1 Å². The number of anilines is 1. The highest BCUT2D eigenvalue weighted by molar-refractivity contribution is 7.99. The number of sulfonamides is 1. The summed E-state index contributed by atoms with van der Waals surface area (Å²) in [5.74, 6) is 1.58. The van der Waals surface area contributed by atoms with Crippen molar-refractivity contribution in [2.75, 3.05) is 36.1 Å². The van der Waals surface area contributed by atoms with E-state index in [2.05, 4.69) is 5.32 Å². The zero-order valence-electron chi connectivity index (χ0n) is 16.3. The van der Waals surface area contributed by atoms with Crippen LogP contribution in [0.2, 0.25) is 0 Å². The maximum absolute atomic E-state index is 12.6. The molecule has 1 heterocycles. The topological polar surface area (TPSA) is 84.9 Å². The molecule has 0 spiro atoms. The molecule has 1 amide bonds. The third kappa shape index (κ3) is 5.26. The van der Waals surface area contributed by atoms with Gasteiger partial charge in [0.25, 0.3) is 0 Å². The van der Waals surface area contributed by atoms with Gasteiger partial charge in [-0.2, -0.15) is 11.8 Å². The third-order valence-corrected chi connectivity index (χ3v) is 7.55. The second-order valence-corrected chi connectivity index (χ2v) is 10.4. The van der Waals surface area contributed by atoms with E-state index in [4.69, 9.17) is 9.47 Å². The minimum atomic E-state index is -3.66. The number of carbonyl (C=O) groups excluding carboxylic acids is 1. The molecule has 0 unspecified atom stereocenters. The number of amides is 1. The monoisotopic (exact) mass is 428 g/mol. The number of carbonyl (C=O) groups is 1. The fraction of sp³-hybridized carbons (Fsp3) is 0.632. The molecule has 0 bridgehead atoms. The van der Waals surface area contributed by atoms with Crippen molar-refractivity contribution in [2.45, 2.75) is 43.9 Å². The van der Waals surface area contributed by atoms with Crippen molar-refractivity contribution in [3.05, 3.63) is 18.2 Å². The van der Waals surface area contributed by atoms with Crippen LogP contribution in [0.3, 0.4) is 0 Å². The maximum atomic E-state index is 12.6. The highest BCUT2D eigenvalue weighted by atomic mass is 32.2. The predicted molar refractivity (Wildman–Crippen MR) is 112 cm³/mol. The molecule has 1 aliphatic heterocycles. The molecular weight excluding hydrogens is 400 g/mol. The van der Waals surface area contributed by atoms with Crippen LogP contribution < -0.4 is 19.1 Å². The van der Waals surface area contributed by atoms with E-state index >= 15 is 0 Å². The summed E-state index contributed by atoms with van der Waals surface area (Å²) in [5.41, 5.74) is 0.384. The Morgan fingerprint density at radius 1 is 1.25 bits per heavy atom. The highest BCUT2D eigenvalue weighted by Crippen LogP contribution is 2.35. The first-order valence-electron chi connectivity index (χ1n) is 9.64. The molecule has 1 atom stereocenters. The summed E-state index contributed by atoms with van der Waals surface area (Å²) in [6.07, 6.45) is 6.19. The Kier molecular flexibility index (Phi) is 6.98. The van der Waals surface area contributed by atoms with E-state index in [1.807, 2.05) is 11.8 Å². The number of benzene rings is 1. The van der Waals surface area contributed by atoms with Crippen molar-refractivity contribution in [3.63, 3.8) is 0 Å². The Labute approximate surface area is 171 Å². The summed E-state index contributed by atoms with van der Waals surface area (Å²) in [6.45, 7) is 2.99. The first-order chi connectivity index (χ1) is 13.4. The van der Waals surface area contributed by atoms with Gasteiger partial charge in [0, 0.05) is 23.6 Å². The molecule has 1 aliphatic carbocycles. The third-order valence-electron chi connectivity index (χ3n) is 4.93. The van der Waals surface area contributed by atoms with E-state index in [0.29, 0.717) is 42.2 Å². The number of nitrogens with one attached hydrogen (secondary N) is 1. The fourth-order valence-corrected chi connectivity index (χ4v) is 5.97. The first-order valence-corrected chi connectivity index (χ1v) is 12.5. The lowest BCUT2D eigenvalue weighted by Crippen LogP contribution is -2.48. The van der Waals surface area contributed by atoms with Gasteiger partial charge in [-0.05, 0) is 31.9 Å².